The van der Waals surface area contributed by atoms with Crippen molar-refractivity contribution in [3.05, 3.63) is 42.0 Å². The Balaban J connectivity index is 1.83. The number of rotatable bonds is 6. The van der Waals surface area contributed by atoms with Gasteiger partial charge in [-0.1, -0.05) is 12.1 Å². The van der Waals surface area contributed by atoms with Crippen molar-refractivity contribution in [3.63, 3.8) is 0 Å². The third-order valence-electron chi connectivity index (χ3n) is 2.89. The second kappa shape index (κ2) is 6.57. The van der Waals surface area contributed by atoms with Gasteiger partial charge in [0.1, 0.15) is 17.9 Å². The number of aromatic amines is 1. The van der Waals surface area contributed by atoms with E-state index in [1.807, 2.05) is 6.92 Å². The first-order valence-electron chi connectivity index (χ1n) is 6.37. The molecular formula is C13H15F3N4O. The zero-order chi connectivity index (χ0) is 15.3. The molecule has 0 spiro atoms. The van der Waals surface area contributed by atoms with E-state index in [0.717, 1.165) is 11.4 Å². The number of aromatic nitrogens is 3. The third-order valence-corrected chi connectivity index (χ3v) is 2.89. The average Bonchev–Trinajstić information content (AvgIpc) is 2.91. The van der Waals surface area contributed by atoms with Crippen LogP contribution in [0.25, 0.3) is 0 Å². The van der Waals surface area contributed by atoms with Crippen LogP contribution in [0.5, 0.6) is 5.75 Å². The molecule has 1 atom stereocenters. The highest BCUT2D eigenvalue weighted by atomic mass is 19.4. The van der Waals surface area contributed by atoms with Gasteiger partial charge in [-0.2, -0.15) is 5.10 Å². The van der Waals surface area contributed by atoms with Crippen molar-refractivity contribution in [2.45, 2.75) is 25.7 Å². The smallest absolute Gasteiger partial charge is 0.406 e. The van der Waals surface area contributed by atoms with Crippen LogP contribution in [-0.2, 0) is 6.42 Å². The summed E-state index contributed by atoms with van der Waals surface area (Å²) in [6.07, 6.45) is -2.53. The van der Waals surface area contributed by atoms with Crippen LogP contribution in [0.2, 0.25) is 0 Å². The maximum Gasteiger partial charge on any atom is 0.573 e. The molecule has 2 rings (SSSR count). The first-order valence-corrected chi connectivity index (χ1v) is 6.37. The van der Waals surface area contributed by atoms with Crippen LogP contribution >= 0.6 is 0 Å². The van der Waals surface area contributed by atoms with E-state index >= 15 is 0 Å². The second-order valence-electron chi connectivity index (χ2n) is 4.47. The molecular weight excluding hydrogens is 285 g/mol. The SMILES string of the molecule is CC(NCCc1ncn[nH]1)c1ccc(OC(F)(F)F)cc1. The predicted octanol–water partition coefficient (Wildman–Crippen LogP) is 2.60. The largest absolute Gasteiger partial charge is 0.573 e. The van der Waals surface area contributed by atoms with Gasteiger partial charge in [-0.3, -0.25) is 5.10 Å². The van der Waals surface area contributed by atoms with E-state index in [1.54, 1.807) is 12.1 Å². The Kier molecular flexibility index (Phi) is 4.79. The van der Waals surface area contributed by atoms with Gasteiger partial charge >= 0.3 is 6.36 Å². The predicted molar refractivity (Wildman–Crippen MR) is 69.6 cm³/mol. The van der Waals surface area contributed by atoms with Crippen LogP contribution in [0.4, 0.5) is 13.2 Å². The summed E-state index contributed by atoms with van der Waals surface area (Å²) in [4.78, 5) is 4.00. The number of ether oxygens (including phenoxy) is 1. The van der Waals surface area contributed by atoms with E-state index < -0.39 is 6.36 Å². The quantitative estimate of drug-likeness (QED) is 0.861. The van der Waals surface area contributed by atoms with Gasteiger partial charge in [-0.15, -0.1) is 13.2 Å². The lowest BCUT2D eigenvalue weighted by atomic mass is 10.1. The lowest BCUT2D eigenvalue weighted by Gasteiger charge is -2.15. The summed E-state index contributed by atoms with van der Waals surface area (Å²) in [6, 6.07) is 5.82. The highest BCUT2D eigenvalue weighted by Gasteiger charge is 2.30. The third kappa shape index (κ3) is 5.07. The fourth-order valence-electron chi connectivity index (χ4n) is 1.83. The van der Waals surface area contributed by atoms with Gasteiger partial charge in [0, 0.05) is 19.0 Å². The molecule has 0 saturated heterocycles. The Hall–Kier alpha value is -2.09. The van der Waals surface area contributed by atoms with Crippen molar-refractivity contribution in [2.75, 3.05) is 6.54 Å². The van der Waals surface area contributed by atoms with Gasteiger partial charge in [0.2, 0.25) is 0 Å². The molecule has 1 aromatic heterocycles. The van der Waals surface area contributed by atoms with Crippen LogP contribution in [0.15, 0.2) is 30.6 Å². The molecule has 2 N–H and O–H groups in total. The molecule has 2 aromatic rings. The maximum atomic E-state index is 12.1. The van der Waals surface area contributed by atoms with E-state index in [2.05, 4.69) is 25.2 Å². The first-order chi connectivity index (χ1) is 9.94. The van der Waals surface area contributed by atoms with E-state index in [4.69, 9.17) is 0 Å². The molecule has 114 valence electrons. The molecule has 1 aromatic carbocycles. The van der Waals surface area contributed by atoms with Crippen LogP contribution in [-0.4, -0.2) is 28.1 Å². The molecule has 0 aliphatic heterocycles. The van der Waals surface area contributed by atoms with E-state index in [-0.39, 0.29) is 11.8 Å². The molecule has 5 nitrogen and oxygen atoms in total. The minimum Gasteiger partial charge on any atom is -0.406 e. The maximum absolute atomic E-state index is 12.1. The Labute approximate surface area is 119 Å². The Morgan fingerprint density at radius 2 is 2.00 bits per heavy atom. The summed E-state index contributed by atoms with van der Waals surface area (Å²) in [5, 5.41) is 9.76. The number of hydrogen-bond acceptors (Lipinski definition) is 4. The molecule has 0 amide bonds. The summed E-state index contributed by atoms with van der Waals surface area (Å²) < 4.78 is 40.0. The molecule has 21 heavy (non-hydrogen) atoms. The minimum atomic E-state index is -4.66. The molecule has 0 aliphatic carbocycles. The minimum absolute atomic E-state index is 0.00728. The monoisotopic (exact) mass is 300 g/mol. The Bertz CT molecular complexity index is 540. The zero-order valence-corrected chi connectivity index (χ0v) is 11.3. The molecule has 0 saturated carbocycles. The number of hydrogen-bond donors (Lipinski definition) is 2. The molecule has 1 unspecified atom stereocenters. The number of benzene rings is 1. The Morgan fingerprint density at radius 1 is 1.29 bits per heavy atom. The van der Waals surface area contributed by atoms with Crippen molar-refractivity contribution in [3.8, 4) is 5.75 Å². The fraction of sp³-hybridized carbons (Fsp3) is 0.385. The van der Waals surface area contributed by atoms with Gasteiger partial charge in [-0.25, -0.2) is 4.98 Å². The summed E-state index contributed by atoms with van der Waals surface area (Å²) >= 11 is 0. The zero-order valence-electron chi connectivity index (χ0n) is 11.3. The molecule has 0 bridgehead atoms. The number of alkyl halides is 3. The van der Waals surface area contributed by atoms with Crippen molar-refractivity contribution in [1.82, 2.24) is 20.5 Å². The highest BCUT2D eigenvalue weighted by Crippen LogP contribution is 2.24. The van der Waals surface area contributed by atoms with Crippen molar-refractivity contribution < 1.29 is 17.9 Å². The lowest BCUT2D eigenvalue weighted by Crippen LogP contribution is -2.22. The van der Waals surface area contributed by atoms with Crippen molar-refractivity contribution in [2.24, 2.45) is 0 Å². The molecule has 1 heterocycles. The molecule has 8 heteroatoms. The van der Waals surface area contributed by atoms with Crippen LogP contribution in [0.1, 0.15) is 24.4 Å². The van der Waals surface area contributed by atoms with Crippen LogP contribution < -0.4 is 10.1 Å². The van der Waals surface area contributed by atoms with Gasteiger partial charge in [-0.05, 0) is 24.6 Å². The number of nitrogens with one attached hydrogen (secondary N) is 2. The number of H-pyrrole nitrogens is 1. The Morgan fingerprint density at radius 3 is 2.57 bits per heavy atom. The summed E-state index contributed by atoms with van der Waals surface area (Å²) in [5.41, 5.74) is 0.877. The molecule has 0 aliphatic rings. The normalized spacial score (nSPS) is 13.1. The molecule has 0 fully saturated rings. The topological polar surface area (TPSA) is 62.8 Å². The van der Waals surface area contributed by atoms with Gasteiger partial charge in [0.05, 0.1) is 0 Å². The van der Waals surface area contributed by atoms with Gasteiger partial charge in [0.25, 0.3) is 0 Å². The lowest BCUT2D eigenvalue weighted by molar-refractivity contribution is -0.274. The summed E-state index contributed by atoms with van der Waals surface area (Å²) in [5.74, 6) is 0.559. The van der Waals surface area contributed by atoms with Crippen LogP contribution in [0, 0.1) is 0 Å². The highest BCUT2D eigenvalue weighted by molar-refractivity contribution is 5.29. The molecule has 0 radical (unpaired) electrons. The van der Waals surface area contributed by atoms with E-state index in [9.17, 15) is 13.2 Å². The van der Waals surface area contributed by atoms with E-state index in [0.29, 0.717) is 13.0 Å². The number of nitrogens with zero attached hydrogens (tertiary/aromatic N) is 2. The second-order valence-corrected chi connectivity index (χ2v) is 4.47. The summed E-state index contributed by atoms with van der Waals surface area (Å²) in [6.45, 7) is 2.61. The first kappa shape index (κ1) is 15.3. The standard InChI is InChI=1S/C13H15F3N4O/c1-9(17-7-6-12-18-8-19-20-12)10-2-4-11(5-3-10)21-13(14,15)16/h2-5,8-9,17H,6-7H2,1H3,(H,18,19,20). The van der Waals surface area contributed by atoms with Crippen molar-refractivity contribution in [1.29, 1.82) is 0 Å². The van der Waals surface area contributed by atoms with Gasteiger partial charge in [0.15, 0.2) is 0 Å². The van der Waals surface area contributed by atoms with E-state index in [1.165, 1.54) is 18.5 Å². The number of halogens is 3. The van der Waals surface area contributed by atoms with Crippen LogP contribution in [0.3, 0.4) is 0 Å². The average molecular weight is 300 g/mol. The van der Waals surface area contributed by atoms with Crippen molar-refractivity contribution >= 4 is 0 Å². The summed E-state index contributed by atoms with van der Waals surface area (Å²) in [7, 11) is 0. The fourth-order valence-corrected chi connectivity index (χ4v) is 1.83. The van der Waals surface area contributed by atoms with Gasteiger partial charge < -0.3 is 10.1 Å².